The van der Waals surface area contributed by atoms with E-state index in [1.54, 1.807) is 7.11 Å². The lowest BCUT2D eigenvalue weighted by Gasteiger charge is -2.35. The average molecular weight is 259 g/mol. The minimum atomic E-state index is -0.134. The van der Waals surface area contributed by atoms with Gasteiger partial charge in [0.1, 0.15) is 0 Å². The van der Waals surface area contributed by atoms with Crippen molar-refractivity contribution in [1.29, 1.82) is 0 Å². The Hall–Kier alpha value is -0.690. The van der Waals surface area contributed by atoms with Gasteiger partial charge in [-0.3, -0.25) is 9.69 Å². The van der Waals surface area contributed by atoms with Crippen LogP contribution in [-0.4, -0.2) is 69.5 Å². The molecule has 3 N–H and O–H groups in total. The van der Waals surface area contributed by atoms with E-state index >= 15 is 0 Å². The summed E-state index contributed by atoms with van der Waals surface area (Å²) in [6.07, 6.45) is 0.881. The third kappa shape index (κ3) is 4.89. The normalized spacial score (nSPS) is 22.7. The van der Waals surface area contributed by atoms with Crippen LogP contribution in [-0.2, 0) is 14.3 Å². The summed E-state index contributed by atoms with van der Waals surface area (Å²) in [6.45, 7) is 5.89. The van der Waals surface area contributed by atoms with E-state index in [-0.39, 0.29) is 18.1 Å². The second-order valence-corrected chi connectivity index (χ2v) is 4.54. The monoisotopic (exact) mass is 259 g/mol. The Bertz CT molecular complexity index is 251. The Labute approximate surface area is 109 Å². The molecule has 6 nitrogen and oxygen atoms in total. The highest BCUT2D eigenvalue weighted by Crippen LogP contribution is 2.08. The number of nitrogens with zero attached hydrogens (tertiary/aromatic N) is 1. The van der Waals surface area contributed by atoms with Gasteiger partial charge in [0.05, 0.1) is 18.8 Å². The molecule has 6 heteroatoms. The van der Waals surface area contributed by atoms with Crippen LogP contribution in [0.4, 0.5) is 0 Å². The number of carbonyl (C=O) groups excluding carboxylic acids is 1. The first-order valence-electron chi connectivity index (χ1n) is 6.51. The van der Waals surface area contributed by atoms with Crippen LogP contribution in [0, 0.1) is 0 Å². The van der Waals surface area contributed by atoms with Crippen LogP contribution in [0.25, 0.3) is 0 Å². The summed E-state index contributed by atoms with van der Waals surface area (Å²) in [4.78, 5) is 14.1. The molecule has 1 saturated heterocycles. The molecule has 0 saturated carbocycles. The highest BCUT2D eigenvalue weighted by atomic mass is 16.5. The van der Waals surface area contributed by atoms with Crippen molar-refractivity contribution in [3.8, 4) is 0 Å². The van der Waals surface area contributed by atoms with Gasteiger partial charge in [0, 0.05) is 39.9 Å². The van der Waals surface area contributed by atoms with Crippen molar-refractivity contribution in [3.05, 3.63) is 0 Å². The minimum Gasteiger partial charge on any atom is -0.385 e. The molecular formula is C12H25N3O3. The molecule has 0 aromatic rings. The predicted octanol–water partition coefficient (Wildman–Crippen LogP) is -0.813. The molecule has 0 bridgehead atoms. The van der Waals surface area contributed by atoms with Crippen LogP contribution in [0.5, 0.6) is 0 Å². The van der Waals surface area contributed by atoms with Crippen LogP contribution in [0.15, 0.2) is 0 Å². The van der Waals surface area contributed by atoms with Crippen molar-refractivity contribution in [1.82, 2.24) is 10.2 Å². The fourth-order valence-corrected chi connectivity index (χ4v) is 1.98. The van der Waals surface area contributed by atoms with Gasteiger partial charge in [0.2, 0.25) is 5.91 Å². The summed E-state index contributed by atoms with van der Waals surface area (Å²) >= 11 is 0. The largest absolute Gasteiger partial charge is 0.385 e. The SMILES string of the molecule is COCCCNC(=O)C(C)N1CCOC(CN)C1. The first-order valence-corrected chi connectivity index (χ1v) is 6.51. The number of ether oxygens (including phenoxy) is 2. The molecule has 1 heterocycles. The maximum Gasteiger partial charge on any atom is 0.237 e. The molecule has 106 valence electrons. The third-order valence-electron chi connectivity index (χ3n) is 3.18. The summed E-state index contributed by atoms with van der Waals surface area (Å²) in [6, 6.07) is -0.134. The topological polar surface area (TPSA) is 76.8 Å². The summed E-state index contributed by atoms with van der Waals surface area (Å²) in [5.74, 6) is 0.0591. The molecule has 1 fully saturated rings. The number of methoxy groups -OCH3 is 1. The highest BCUT2D eigenvalue weighted by molar-refractivity contribution is 5.81. The van der Waals surface area contributed by atoms with Crippen molar-refractivity contribution >= 4 is 5.91 Å². The first kappa shape index (κ1) is 15.4. The van der Waals surface area contributed by atoms with E-state index in [4.69, 9.17) is 15.2 Å². The maximum absolute atomic E-state index is 11.9. The Morgan fingerprint density at radius 2 is 2.44 bits per heavy atom. The number of nitrogens with two attached hydrogens (primary N) is 1. The van der Waals surface area contributed by atoms with Gasteiger partial charge >= 0.3 is 0 Å². The van der Waals surface area contributed by atoms with Gasteiger partial charge in [-0.1, -0.05) is 0 Å². The molecule has 2 unspecified atom stereocenters. The average Bonchev–Trinajstić information content (AvgIpc) is 2.42. The number of rotatable bonds is 7. The smallest absolute Gasteiger partial charge is 0.237 e. The van der Waals surface area contributed by atoms with E-state index in [2.05, 4.69) is 10.2 Å². The number of hydrogen-bond donors (Lipinski definition) is 2. The fraction of sp³-hybridized carbons (Fsp3) is 0.917. The molecule has 18 heavy (non-hydrogen) atoms. The second kappa shape index (κ2) is 8.42. The quantitative estimate of drug-likeness (QED) is 0.585. The van der Waals surface area contributed by atoms with Crippen LogP contribution in [0.3, 0.4) is 0 Å². The molecule has 0 spiro atoms. The van der Waals surface area contributed by atoms with Crippen LogP contribution in [0.1, 0.15) is 13.3 Å². The lowest BCUT2D eigenvalue weighted by molar-refractivity contribution is -0.129. The molecular weight excluding hydrogens is 234 g/mol. The van der Waals surface area contributed by atoms with E-state index in [1.165, 1.54) is 0 Å². The van der Waals surface area contributed by atoms with Crippen molar-refractivity contribution < 1.29 is 14.3 Å². The van der Waals surface area contributed by atoms with E-state index in [0.717, 1.165) is 19.5 Å². The molecule has 1 amide bonds. The Balaban J connectivity index is 2.28. The third-order valence-corrected chi connectivity index (χ3v) is 3.18. The Morgan fingerprint density at radius 3 is 3.11 bits per heavy atom. The van der Waals surface area contributed by atoms with Gasteiger partial charge in [-0.15, -0.1) is 0 Å². The number of hydrogen-bond acceptors (Lipinski definition) is 5. The van der Waals surface area contributed by atoms with Crippen LogP contribution < -0.4 is 11.1 Å². The van der Waals surface area contributed by atoms with Gasteiger partial charge < -0.3 is 20.5 Å². The number of nitrogens with one attached hydrogen (secondary N) is 1. The molecule has 0 radical (unpaired) electrons. The van der Waals surface area contributed by atoms with Crippen molar-refractivity contribution in [3.63, 3.8) is 0 Å². The van der Waals surface area contributed by atoms with Crippen molar-refractivity contribution in [2.45, 2.75) is 25.5 Å². The number of morpholine rings is 1. The maximum atomic E-state index is 11.9. The lowest BCUT2D eigenvalue weighted by Crippen LogP contribution is -2.53. The zero-order valence-corrected chi connectivity index (χ0v) is 11.4. The molecule has 1 rings (SSSR count). The summed E-state index contributed by atoms with van der Waals surface area (Å²) in [7, 11) is 1.66. The summed E-state index contributed by atoms with van der Waals surface area (Å²) in [5, 5.41) is 2.91. The van der Waals surface area contributed by atoms with Crippen LogP contribution in [0.2, 0.25) is 0 Å². The zero-order chi connectivity index (χ0) is 13.4. The highest BCUT2D eigenvalue weighted by Gasteiger charge is 2.26. The zero-order valence-electron chi connectivity index (χ0n) is 11.4. The predicted molar refractivity (Wildman–Crippen MR) is 69.3 cm³/mol. The van der Waals surface area contributed by atoms with Gasteiger partial charge in [-0.05, 0) is 13.3 Å². The Morgan fingerprint density at radius 1 is 1.67 bits per heavy atom. The molecule has 0 aromatic heterocycles. The van der Waals surface area contributed by atoms with Gasteiger partial charge in [-0.2, -0.15) is 0 Å². The lowest BCUT2D eigenvalue weighted by atomic mass is 10.2. The van der Waals surface area contributed by atoms with Gasteiger partial charge in [0.25, 0.3) is 0 Å². The van der Waals surface area contributed by atoms with Gasteiger partial charge in [-0.25, -0.2) is 0 Å². The summed E-state index contributed by atoms with van der Waals surface area (Å²) < 4.78 is 10.4. The standard InChI is InChI=1S/C12H25N3O3/c1-10(12(16)14-4-3-6-17-2)15-5-7-18-11(8-13)9-15/h10-11H,3-9,13H2,1-2H3,(H,14,16). The molecule has 2 atom stereocenters. The molecule has 0 aromatic carbocycles. The Kier molecular flexibility index (Phi) is 7.19. The minimum absolute atomic E-state index is 0.0440. The van der Waals surface area contributed by atoms with E-state index in [9.17, 15) is 4.79 Å². The molecule has 1 aliphatic heterocycles. The van der Waals surface area contributed by atoms with Crippen LogP contribution >= 0.6 is 0 Å². The number of amides is 1. The number of carbonyl (C=O) groups is 1. The van der Waals surface area contributed by atoms with E-state index < -0.39 is 0 Å². The van der Waals surface area contributed by atoms with E-state index in [0.29, 0.717) is 26.3 Å². The summed E-state index contributed by atoms with van der Waals surface area (Å²) in [5.41, 5.74) is 5.59. The van der Waals surface area contributed by atoms with Crippen molar-refractivity contribution in [2.75, 3.05) is 46.5 Å². The molecule has 0 aliphatic carbocycles. The first-order chi connectivity index (χ1) is 8.69. The fourth-order valence-electron chi connectivity index (χ4n) is 1.98. The second-order valence-electron chi connectivity index (χ2n) is 4.54. The molecule has 1 aliphatic rings. The van der Waals surface area contributed by atoms with Crippen molar-refractivity contribution in [2.24, 2.45) is 5.73 Å². The van der Waals surface area contributed by atoms with Gasteiger partial charge in [0.15, 0.2) is 0 Å². The van der Waals surface area contributed by atoms with E-state index in [1.807, 2.05) is 6.92 Å².